The van der Waals surface area contributed by atoms with Crippen LogP contribution in [-0.4, -0.2) is 19.5 Å². The Morgan fingerprint density at radius 2 is 1.93 bits per heavy atom. The van der Waals surface area contributed by atoms with Gasteiger partial charge in [0.05, 0.1) is 11.9 Å². The number of rotatable bonds is 5. The van der Waals surface area contributed by atoms with E-state index in [1.807, 2.05) is 19.9 Å². The molecule has 0 bridgehead atoms. The fourth-order valence-electron chi connectivity index (χ4n) is 1.14. The van der Waals surface area contributed by atoms with Gasteiger partial charge in [0.2, 0.25) is 8.32 Å². The Kier molecular flexibility index (Phi) is 5.16. The van der Waals surface area contributed by atoms with Crippen molar-refractivity contribution in [2.45, 2.75) is 39.6 Å². The minimum atomic E-state index is -1.58. The molecule has 0 aromatic heterocycles. The summed E-state index contributed by atoms with van der Waals surface area (Å²) in [4.78, 5) is 0. The maximum atomic E-state index is 9.60. The van der Waals surface area contributed by atoms with Gasteiger partial charge < -0.3 is 9.53 Å². The maximum Gasteiger partial charge on any atom is 0.241 e. The number of aliphatic hydroxyl groups is 1. The fourth-order valence-corrected chi connectivity index (χ4v) is 2.15. The molecule has 2 atom stereocenters. The van der Waals surface area contributed by atoms with Crippen LogP contribution in [0.2, 0.25) is 19.6 Å². The molecule has 0 amide bonds. The van der Waals surface area contributed by atoms with Gasteiger partial charge in [-0.15, -0.1) is 6.58 Å². The van der Waals surface area contributed by atoms with E-state index in [-0.39, 0.29) is 5.92 Å². The first-order chi connectivity index (χ1) is 6.31. The topological polar surface area (TPSA) is 29.5 Å². The Hall–Kier alpha value is -0.543. The van der Waals surface area contributed by atoms with Crippen LogP contribution in [0.4, 0.5) is 0 Å². The highest BCUT2D eigenvalue weighted by Crippen LogP contribution is 2.21. The molecule has 0 radical (unpaired) electrons. The molecule has 0 aliphatic rings. The van der Waals surface area contributed by atoms with Crippen LogP contribution in [0.15, 0.2) is 24.5 Å². The normalized spacial score (nSPS) is 17.4. The summed E-state index contributed by atoms with van der Waals surface area (Å²) < 4.78 is 5.86. The average Bonchev–Trinajstić information content (AvgIpc) is 2.10. The Balaban J connectivity index is 4.51. The molecule has 0 aliphatic carbocycles. The summed E-state index contributed by atoms with van der Waals surface area (Å²) in [7, 11) is -1.58. The lowest BCUT2D eigenvalue weighted by atomic mass is 10.0. The average molecular weight is 214 g/mol. The lowest BCUT2D eigenvalue weighted by Crippen LogP contribution is -2.29. The highest BCUT2D eigenvalue weighted by molar-refractivity contribution is 6.70. The van der Waals surface area contributed by atoms with E-state index in [4.69, 9.17) is 4.43 Å². The lowest BCUT2D eigenvalue weighted by Gasteiger charge is -2.27. The minimum absolute atomic E-state index is 0.00998. The Morgan fingerprint density at radius 1 is 1.43 bits per heavy atom. The second kappa shape index (κ2) is 5.37. The van der Waals surface area contributed by atoms with Crippen LogP contribution in [0.1, 0.15) is 13.8 Å². The predicted molar refractivity (Wildman–Crippen MR) is 63.6 cm³/mol. The van der Waals surface area contributed by atoms with E-state index < -0.39 is 14.4 Å². The summed E-state index contributed by atoms with van der Waals surface area (Å²) in [6.45, 7) is 13.8. The van der Waals surface area contributed by atoms with Crippen molar-refractivity contribution < 1.29 is 9.53 Å². The van der Waals surface area contributed by atoms with Gasteiger partial charge in [-0.25, -0.2) is 0 Å². The van der Waals surface area contributed by atoms with Gasteiger partial charge in [-0.1, -0.05) is 19.1 Å². The number of allylic oxidation sites excluding steroid dienone is 1. The molecular weight excluding hydrogens is 192 g/mol. The van der Waals surface area contributed by atoms with Gasteiger partial charge in [-0.3, -0.25) is 0 Å². The third-order valence-electron chi connectivity index (χ3n) is 1.91. The molecule has 0 fully saturated rings. The predicted octanol–water partition coefficient (Wildman–Crippen LogP) is 2.92. The van der Waals surface area contributed by atoms with E-state index in [0.29, 0.717) is 0 Å². The van der Waals surface area contributed by atoms with Gasteiger partial charge >= 0.3 is 0 Å². The zero-order valence-electron chi connectivity index (χ0n) is 9.87. The molecule has 0 saturated heterocycles. The molecule has 0 unspecified atom stereocenters. The van der Waals surface area contributed by atoms with Crippen LogP contribution in [-0.2, 0) is 4.43 Å². The van der Waals surface area contributed by atoms with E-state index in [1.54, 1.807) is 6.08 Å². The molecule has 0 rings (SSSR count). The molecule has 0 spiro atoms. The Morgan fingerprint density at radius 3 is 2.21 bits per heavy atom. The van der Waals surface area contributed by atoms with E-state index in [9.17, 15) is 5.11 Å². The molecule has 2 nitrogen and oxygen atoms in total. The van der Waals surface area contributed by atoms with Crippen LogP contribution >= 0.6 is 0 Å². The van der Waals surface area contributed by atoms with E-state index in [2.05, 4.69) is 26.2 Å². The highest BCUT2D eigenvalue weighted by atomic mass is 28.4. The van der Waals surface area contributed by atoms with Crippen LogP contribution in [0, 0.1) is 5.92 Å². The quantitative estimate of drug-likeness (QED) is 0.433. The molecule has 1 N–H and O–H groups in total. The molecule has 0 heterocycles. The molecule has 14 heavy (non-hydrogen) atoms. The largest absolute Gasteiger partial charge is 0.547 e. The van der Waals surface area contributed by atoms with Crippen LogP contribution in [0.25, 0.3) is 0 Å². The third kappa shape index (κ3) is 4.63. The van der Waals surface area contributed by atoms with Crippen molar-refractivity contribution in [1.82, 2.24) is 0 Å². The van der Waals surface area contributed by atoms with Crippen molar-refractivity contribution >= 4 is 8.32 Å². The van der Waals surface area contributed by atoms with Crippen molar-refractivity contribution in [3.05, 3.63) is 24.5 Å². The van der Waals surface area contributed by atoms with Crippen molar-refractivity contribution in [3.63, 3.8) is 0 Å². The molecule has 3 heteroatoms. The van der Waals surface area contributed by atoms with Crippen molar-refractivity contribution in [3.8, 4) is 0 Å². The van der Waals surface area contributed by atoms with Crippen LogP contribution < -0.4 is 0 Å². The van der Waals surface area contributed by atoms with Gasteiger partial charge in [0, 0.05) is 5.92 Å². The smallest absolute Gasteiger partial charge is 0.241 e. The number of aliphatic hydroxyl groups excluding tert-OH is 1. The zero-order chi connectivity index (χ0) is 11.4. The summed E-state index contributed by atoms with van der Waals surface area (Å²) in [5, 5.41) is 9.60. The molecule has 0 aromatic carbocycles. The van der Waals surface area contributed by atoms with Crippen LogP contribution in [0.3, 0.4) is 0 Å². The van der Waals surface area contributed by atoms with Crippen LogP contribution in [0.5, 0.6) is 0 Å². The first-order valence-corrected chi connectivity index (χ1v) is 8.38. The second-order valence-electron chi connectivity index (χ2n) is 4.42. The first-order valence-electron chi connectivity index (χ1n) is 4.97. The van der Waals surface area contributed by atoms with Gasteiger partial charge in [0.1, 0.15) is 0 Å². The second-order valence-corrected chi connectivity index (χ2v) is 8.85. The minimum Gasteiger partial charge on any atom is -0.547 e. The van der Waals surface area contributed by atoms with E-state index >= 15 is 0 Å². The van der Waals surface area contributed by atoms with Gasteiger partial charge in [0.25, 0.3) is 0 Å². The molecule has 82 valence electrons. The summed E-state index contributed by atoms with van der Waals surface area (Å²) in [6, 6.07) is 0. The van der Waals surface area contributed by atoms with E-state index in [0.717, 1.165) is 5.76 Å². The molecular formula is C11H22O2Si. The van der Waals surface area contributed by atoms with Gasteiger partial charge in [0.15, 0.2) is 0 Å². The Labute approximate surface area is 88.4 Å². The maximum absolute atomic E-state index is 9.60. The monoisotopic (exact) mass is 214 g/mol. The fraction of sp³-hybridized carbons (Fsp3) is 0.636. The summed E-state index contributed by atoms with van der Waals surface area (Å²) in [6.07, 6.45) is 2.94. The SMILES string of the molecule is C=C[C@H](O)[C@H](C)/C(=C/C)O[Si](C)(C)C. The summed E-state index contributed by atoms with van der Waals surface area (Å²) in [5.41, 5.74) is 0. The number of hydrogen-bond donors (Lipinski definition) is 1. The van der Waals surface area contributed by atoms with Gasteiger partial charge in [-0.05, 0) is 26.6 Å². The standard InChI is InChI=1S/C11H22O2Si/c1-7-10(12)9(3)11(8-2)13-14(4,5)6/h7-10,12H,1H2,2-6H3/b11-8-/t9-,10-/m0/s1. The van der Waals surface area contributed by atoms with Crippen molar-refractivity contribution in [2.24, 2.45) is 5.92 Å². The number of hydrogen-bond acceptors (Lipinski definition) is 2. The zero-order valence-corrected chi connectivity index (χ0v) is 10.9. The molecule has 0 aliphatic heterocycles. The lowest BCUT2D eigenvalue weighted by molar-refractivity contribution is 0.154. The highest BCUT2D eigenvalue weighted by Gasteiger charge is 2.23. The summed E-state index contributed by atoms with van der Waals surface area (Å²) in [5.74, 6) is 0.862. The first kappa shape index (κ1) is 13.5. The van der Waals surface area contributed by atoms with Crippen molar-refractivity contribution in [2.75, 3.05) is 0 Å². The van der Waals surface area contributed by atoms with Gasteiger partial charge in [-0.2, -0.15) is 0 Å². The van der Waals surface area contributed by atoms with E-state index in [1.165, 1.54) is 0 Å². The third-order valence-corrected chi connectivity index (χ3v) is 2.76. The summed E-state index contributed by atoms with van der Waals surface area (Å²) >= 11 is 0. The molecule has 0 saturated carbocycles. The van der Waals surface area contributed by atoms with Crippen molar-refractivity contribution in [1.29, 1.82) is 0 Å². The molecule has 0 aromatic rings. The Bertz CT molecular complexity index is 216.